The van der Waals surface area contributed by atoms with Crippen molar-refractivity contribution in [2.75, 3.05) is 17.4 Å². The number of hydrogen-bond acceptors (Lipinski definition) is 6. The lowest BCUT2D eigenvalue weighted by molar-refractivity contribution is -0.114. The third-order valence-corrected chi connectivity index (χ3v) is 4.81. The zero-order valence-electron chi connectivity index (χ0n) is 16.3. The molecule has 0 unspecified atom stereocenters. The van der Waals surface area contributed by atoms with Crippen molar-refractivity contribution in [3.05, 3.63) is 66.5 Å². The Bertz CT molecular complexity index is 1250. The molecule has 0 saturated heterocycles. The van der Waals surface area contributed by atoms with E-state index in [1.54, 1.807) is 16.9 Å². The minimum atomic E-state index is -0.111. The average molecular weight is 401 g/mol. The molecule has 0 atom stereocenters. The molecule has 2 aromatic heterocycles. The standard InChI is InChI=1S/C22H19N5O3/c1-14(28)26-17-4-2-3-16(10-17)18-12-25-27-21(7-8-23-22(18)27)24-11-15-5-6-19-20(9-15)30-13-29-19/h2-10,12,24H,11,13H2,1H3,(H,26,28). The lowest BCUT2D eigenvalue weighted by Crippen LogP contribution is -2.06. The number of carbonyl (C=O) groups is 1. The maximum absolute atomic E-state index is 11.4. The molecule has 4 aromatic rings. The van der Waals surface area contributed by atoms with Crippen molar-refractivity contribution < 1.29 is 14.3 Å². The Kier molecular flexibility index (Phi) is 4.44. The first-order chi connectivity index (χ1) is 14.7. The van der Waals surface area contributed by atoms with E-state index < -0.39 is 0 Å². The van der Waals surface area contributed by atoms with Crippen molar-refractivity contribution in [2.45, 2.75) is 13.5 Å². The molecule has 5 rings (SSSR count). The van der Waals surface area contributed by atoms with E-state index in [2.05, 4.69) is 20.7 Å². The fourth-order valence-corrected chi connectivity index (χ4v) is 3.44. The van der Waals surface area contributed by atoms with E-state index in [4.69, 9.17) is 9.47 Å². The molecule has 0 fully saturated rings. The molecule has 3 heterocycles. The number of amides is 1. The first-order valence-electron chi connectivity index (χ1n) is 9.50. The predicted molar refractivity (Wildman–Crippen MR) is 113 cm³/mol. The zero-order chi connectivity index (χ0) is 20.5. The summed E-state index contributed by atoms with van der Waals surface area (Å²) in [4.78, 5) is 15.9. The van der Waals surface area contributed by atoms with Gasteiger partial charge in [0, 0.05) is 30.9 Å². The second kappa shape index (κ2) is 7.40. The topological polar surface area (TPSA) is 89.8 Å². The number of rotatable bonds is 5. The molecule has 0 saturated carbocycles. The molecule has 8 heteroatoms. The van der Waals surface area contributed by atoms with Crippen LogP contribution in [-0.2, 0) is 11.3 Å². The molecule has 2 aromatic carbocycles. The lowest BCUT2D eigenvalue weighted by atomic mass is 10.1. The van der Waals surface area contributed by atoms with Gasteiger partial charge in [-0.1, -0.05) is 18.2 Å². The number of carbonyl (C=O) groups excluding carboxylic acids is 1. The molecule has 0 bridgehead atoms. The van der Waals surface area contributed by atoms with Crippen LogP contribution in [0.25, 0.3) is 16.8 Å². The molecule has 1 aliphatic rings. The number of anilines is 2. The average Bonchev–Trinajstić information content (AvgIpc) is 3.38. The largest absolute Gasteiger partial charge is 0.454 e. The Morgan fingerprint density at radius 2 is 2.03 bits per heavy atom. The van der Waals surface area contributed by atoms with Gasteiger partial charge >= 0.3 is 0 Å². The van der Waals surface area contributed by atoms with Crippen molar-refractivity contribution in [1.29, 1.82) is 0 Å². The number of nitrogens with zero attached hydrogens (tertiary/aromatic N) is 3. The van der Waals surface area contributed by atoms with Gasteiger partial charge in [0.15, 0.2) is 17.1 Å². The monoisotopic (exact) mass is 401 g/mol. The van der Waals surface area contributed by atoms with E-state index in [1.807, 2.05) is 48.5 Å². The molecule has 1 amide bonds. The van der Waals surface area contributed by atoms with Crippen LogP contribution in [0.2, 0.25) is 0 Å². The molecule has 1 aliphatic heterocycles. The first kappa shape index (κ1) is 18.0. The summed E-state index contributed by atoms with van der Waals surface area (Å²) in [6.07, 6.45) is 3.53. The van der Waals surface area contributed by atoms with Crippen LogP contribution in [0.4, 0.5) is 11.5 Å². The van der Waals surface area contributed by atoms with Gasteiger partial charge in [-0.25, -0.2) is 4.98 Å². The number of ether oxygens (including phenoxy) is 2. The summed E-state index contributed by atoms with van der Waals surface area (Å²) >= 11 is 0. The quantitative estimate of drug-likeness (QED) is 0.530. The van der Waals surface area contributed by atoms with Gasteiger partial charge in [-0.2, -0.15) is 9.61 Å². The summed E-state index contributed by atoms with van der Waals surface area (Å²) < 4.78 is 12.6. The SMILES string of the molecule is CC(=O)Nc1cccc(-c2cnn3c(NCc4ccc5c(c4)OCO5)ccnc23)c1. The molecule has 2 N–H and O–H groups in total. The Morgan fingerprint density at radius 3 is 2.93 bits per heavy atom. The maximum Gasteiger partial charge on any atom is 0.231 e. The number of nitrogens with one attached hydrogen (secondary N) is 2. The van der Waals surface area contributed by atoms with Crippen LogP contribution in [0.3, 0.4) is 0 Å². The third-order valence-electron chi connectivity index (χ3n) is 4.81. The van der Waals surface area contributed by atoms with E-state index in [0.29, 0.717) is 6.54 Å². The van der Waals surface area contributed by atoms with Crippen LogP contribution >= 0.6 is 0 Å². The first-order valence-corrected chi connectivity index (χ1v) is 9.50. The van der Waals surface area contributed by atoms with Gasteiger partial charge in [0.2, 0.25) is 12.7 Å². The van der Waals surface area contributed by atoms with Gasteiger partial charge in [-0.3, -0.25) is 4.79 Å². The highest BCUT2D eigenvalue weighted by molar-refractivity contribution is 5.90. The fourth-order valence-electron chi connectivity index (χ4n) is 3.44. The Morgan fingerprint density at radius 1 is 1.13 bits per heavy atom. The molecule has 0 aliphatic carbocycles. The Labute approximate surface area is 172 Å². The molecule has 0 radical (unpaired) electrons. The van der Waals surface area contributed by atoms with Crippen LogP contribution < -0.4 is 20.1 Å². The van der Waals surface area contributed by atoms with E-state index in [1.165, 1.54) is 6.92 Å². The molecule has 8 nitrogen and oxygen atoms in total. The normalized spacial score (nSPS) is 12.2. The Hall–Kier alpha value is -4.07. The van der Waals surface area contributed by atoms with Crippen molar-refractivity contribution >= 4 is 23.1 Å². The van der Waals surface area contributed by atoms with E-state index in [0.717, 1.165) is 45.3 Å². The highest BCUT2D eigenvalue weighted by Crippen LogP contribution is 2.33. The van der Waals surface area contributed by atoms with Crippen molar-refractivity contribution in [2.24, 2.45) is 0 Å². The van der Waals surface area contributed by atoms with Crippen molar-refractivity contribution in [3.8, 4) is 22.6 Å². The highest BCUT2D eigenvalue weighted by atomic mass is 16.7. The summed E-state index contributed by atoms with van der Waals surface area (Å²) in [5, 5.41) is 10.7. The molecular formula is C22H19N5O3. The van der Waals surface area contributed by atoms with Gasteiger partial charge in [-0.05, 0) is 41.5 Å². The van der Waals surface area contributed by atoms with Crippen LogP contribution in [0.1, 0.15) is 12.5 Å². The minimum Gasteiger partial charge on any atom is -0.454 e. The molecule has 30 heavy (non-hydrogen) atoms. The summed E-state index contributed by atoms with van der Waals surface area (Å²) in [5.41, 5.74) is 4.34. The molecular weight excluding hydrogens is 382 g/mol. The van der Waals surface area contributed by atoms with E-state index in [-0.39, 0.29) is 12.7 Å². The van der Waals surface area contributed by atoms with Gasteiger partial charge in [0.05, 0.1) is 6.20 Å². The number of benzene rings is 2. The molecule has 0 spiro atoms. The van der Waals surface area contributed by atoms with Crippen LogP contribution in [0.15, 0.2) is 60.9 Å². The van der Waals surface area contributed by atoms with E-state index in [9.17, 15) is 4.79 Å². The van der Waals surface area contributed by atoms with Gasteiger partial charge in [0.1, 0.15) is 5.82 Å². The second-order valence-electron chi connectivity index (χ2n) is 6.93. The second-order valence-corrected chi connectivity index (χ2v) is 6.93. The van der Waals surface area contributed by atoms with Gasteiger partial charge in [0.25, 0.3) is 0 Å². The highest BCUT2D eigenvalue weighted by Gasteiger charge is 2.14. The summed E-state index contributed by atoms with van der Waals surface area (Å²) in [5.74, 6) is 2.24. The minimum absolute atomic E-state index is 0.111. The number of hydrogen-bond donors (Lipinski definition) is 2. The van der Waals surface area contributed by atoms with Crippen LogP contribution in [0, 0.1) is 0 Å². The smallest absolute Gasteiger partial charge is 0.231 e. The van der Waals surface area contributed by atoms with E-state index >= 15 is 0 Å². The fraction of sp³-hybridized carbons (Fsp3) is 0.136. The summed E-state index contributed by atoms with van der Waals surface area (Å²) in [7, 11) is 0. The zero-order valence-corrected chi connectivity index (χ0v) is 16.3. The summed E-state index contributed by atoms with van der Waals surface area (Å²) in [6, 6.07) is 15.4. The third kappa shape index (κ3) is 3.39. The number of aromatic nitrogens is 3. The van der Waals surface area contributed by atoms with Gasteiger partial charge in [-0.15, -0.1) is 0 Å². The Balaban J connectivity index is 1.42. The van der Waals surface area contributed by atoms with Crippen molar-refractivity contribution in [3.63, 3.8) is 0 Å². The maximum atomic E-state index is 11.4. The predicted octanol–water partition coefficient (Wildman–Crippen LogP) is 3.70. The van der Waals surface area contributed by atoms with Crippen molar-refractivity contribution in [1.82, 2.24) is 14.6 Å². The number of fused-ring (bicyclic) bond motifs is 2. The lowest BCUT2D eigenvalue weighted by Gasteiger charge is -2.09. The summed E-state index contributed by atoms with van der Waals surface area (Å²) in [6.45, 7) is 2.35. The van der Waals surface area contributed by atoms with Gasteiger partial charge < -0.3 is 20.1 Å². The van der Waals surface area contributed by atoms with Crippen LogP contribution in [0.5, 0.6) is 11.5 Å². The molecule has 150 valence electrons. The van der Waals surface area contributed by atoms with Crippen LogP contribution in [-0.4, -0.2) is 27.3 Å².